The Labute approximate surface area is 149 Å². The maximum Gasteiger partial charge on any atom is 0.416 e. The van der Waals surface area contributed by atoms with Gasteiger partial charge >= 0.3 is 12.2 Å². The summed E-state index contributed by atoms with van der Waals surface area (Å²) in [5.74, 6) is 0.645. The van der Waals surface area contributed by atoms with Crippen molar-refractivity contribution in [3.63, 3.8) is 0 Å². The molecule has 2 amide bonds. The van der Waals surface area contributed by atoms with Crippen molar-refractivity contribution < 1.29 is 22.7 Å². The van der Waals surface area contributed by atoms with Crippen molar-refractivity contribution in [1.29, 1.82) is 0 Å². The number of carbonyl (C=O) groups excluding carboxylic acids is 1. The van der Waals surface area contributed by atoms with Crippen LogP contribution >= 0.6 is 0 Å². The van der Waals surface area contributed by atoms with Crippen LogP contribution in [-0.4, -0.2) is 31.6 Å². The first-order valence-electron chi connectivity index (χ1n) is 7.88. The number of hydrogen-bond acceptors (Lipinski definition) is 2. The highest BCUT2D eigenvalue weighted by atomic mass is 19.4. The monoisotopic (exact) mass is 362 g/mol. The van der Waals surface area contributed by atoms with Gasteiger partial charge in [0.15, 0.2) is 0 Å². The zero-order valence-electron chi connectivity index (χ0n) is 14.2. The van der Waals surface area contributed by atoms with E-state index in [1.807, 2.05) is 6.08 Å². The number of likely N-dealkylation sites (N-methyl/N-ethyl adjacent to an activating group) is 1. The number of nitrogens with zero attached hydrogens (tertiary/aromatic N) is 2. The third-order valence-corrected chi connectivity index (χ3v) is 4.16. The maximum absolute atomic E-state index is 12.8. The van der Waals surface area contributed by atoms with Crippen molar-refractivity contribution in [2.75, 3.05) is 25.6 Å². The highest BCUT2D eigenvalue weighted by molar-refractivity contribution is 6.06. The Kier molecular flexibility index (Phi) is 4.63. The molecule has 0 unspecified atom stereocenters. The van der Waals surface area contributed by atoms with Crippen LogP contribution in [0.4, 0.5) is 23.7 Å². The minimum absolute atomic E-state index is 0.257. The summed E-state index contributed by atoms with van der Waals surface area (Å²) in [6, 6.07) is 11.4. The number of rotatable bonds is 3. The standard InChI is InChI=1S/C19H17F3N2O2/c1-23-12-11-17(13-3-5-14(6-4-13)19(20,21)22)24(18(23)25)15-7-9-16(26-2)10-8-15/h3-11H,12H2,1-2H3. The summed E-state index contributed by atoms with van der Waals surface area (Å²) in [5.41, 5.74) is 0.966. The molecule has 3 rings (SSSR count). The average Bonchev–Trinajstić information content (AvgIpc) is 2.63. The van der Waals surface area contributed by atoms with Crippen LogP contribution in [0.3, 0.4) is 0 Å². The molecule has 136 valence electrons. The van der Waals surface area contributed by atoms with Gasteiger partial charge < -0.3 is 9.64 Å². The van der Waals surface area contributed by atoms with Gasteiger partial charge in [0.25, 0.3) is 0 Å². The fourth-order valence-corrected chi connectivity index (χ4v) is 2.72. The fourth-order valence-electron chi connectivity index (χ4n) is 2.72. The minimum atomic E-state index is -4.40. The molecule has 0 aliphatic carbocycles. The SMILES string of the molecule is COc1ccc(N2C(=O)N(C)CC=C2c2ccc(C(F)(F)F)cc2)cc1. The van der Waals surface area contributed by atoms with Gasteiger partial charge in [-0.25, -0.2) is 4.79 Å². The van der Waals surface area contributed by atoms with Gasteiger partial charge in [-0.2, -0.15) is 13.2 Å². The molecule has 0 fully saturated rings. The van der Waals surface area contributed by atoms with Crippen LogP contribution in [0.5, 0.6) is 5.75 Å². The molecule has 0 saturated heterocycles. The van der Waals surface area contributed by atoms with Gasteiger partial charge in [-0.1, -0.05) is 12.1 Å². The molecule has 1 heterocycles. The molecule has 7 heteroatoms. The summed E-state index contributed by atoms with van der Waals surface area (Å²) in [5, 5.41) is 0. The molecule has 0 bridgehead atoms. The van der Waals surface area contributed by atoms with E-state index in [2.05, 4.69) is 0 Å². The molecule has 0 N–H and O–H groups in total. The molecule has 1 aliphatic rings. The Balaban J connectivity index is 2.01. The zero-order valence-corrected chi connectivity index (χ0v) is 14.2. The molecule has 0 atom stereocenters. The van der Waals surface area contributed by atoms with Crippen molar-refractivity contribution in [1.82, 2.24) is 4.90 Å². The number of halogens is 3. The summed E-state index contributed by atoms with van der Waals surface area (Å²) < 4.78 is 43.5. The second-order valence-corrected chi connectivity index (χ2v) is 5.86. The second-order valence-electron chi connectivity index (χ2n) is 5.86. The number of amides is 2. The van der Waals surface area contributed by atoms with Crippen molar-refractivity contribution in [3.05, 3.63) is 65.7 Å². The van der Waals surface area contributed by atoms with Crippen LogP contribution < -0.4 is 9.64 Å². The molecule has 0 saturated carbocycles. The van der Waals surface area contributed by atoms with E-state index in [1.54, 1.807) is 38.4 Å². The van der Waals surface area contributed by atoms with Crippen molar-refractivity contribution in [2.45, 2.75) is 6.18 Å². The van der Waals surface area contributed by atoms with E-state index >= 15 is 0 Å². The smallest absolute Gasteiger partial charge is 0.416 e. The molecule has 1 aliphatic heterocycles. The summed E-state index contributed by atoms with van der Waals surface area (Å²) in [7, 11) is 3.21. The highest BCUT2D eigenvalue weighted by Crippen LogP contribution is 2.34. The normalized spacial score (nSPS) is 15.1. The van der Waals surface area contributed by atoms with E-state index < -0.39 is 11.7 Å². The van der Waals surface area contributed by atoms with Crippen LogP contribution in [0.2, 0.25) is 0 Å². The number of hydrogen-bond donors (Lipinski definition) is 0. The van der Waals surface area contributed by atoms with Crippen molar-refractivity contribution in [2.24, 2.45) is 0 Å². The summed E-state index contributed by atoms with van der Waals surface area (Å²) in [4.78, 5) is 15.7. The fraction of sp³-hybridized carbons (Fsp3) is 0.211. The lowest BCUT2D eigenvalue weighted by Crippen LogP contribution is -2.44. The van der Waals surface area contributed by atoms with E-state index in [9.17, 15) is 18.0 Å². The lowest BCUT2D eigenvalue weighted by Gasteiger charge is -2.34. The molecule has 0 spiro atoms. The summed E-state index contributed by atoms with van der Waals surface area (Å²) in [6.07, 6.45) is -2.58. The Hall–Kier alpha value is -2.96. The first-order valence-corrected chi connectivity index (χ1v) is 7.88. The van der Waals surface area contributed by atoms with E-state index in [1.165, 1.54) is 21.9 Å². The minimum Gasteiger partial charge on any atom is -0.497 e. The molecule has 0 radical (unpaired) electrons. The molecule has 26 heavy (non-hydrogen) atoms. The van der Waals surface area contributed by atoms with Crippen LogP contribution in [-0.2, 0) is 6.18 Å². The predicted molar refractivity (Wildman–Crippen MR) is 92.9 cm³/mol. The number of ether oxygens (including phenoxy) is 1. The van der Waals surface area contributed by atoms with Gasteiger partial charge in [0.05, 0.1) is 24.1 Å². The second kappa shape index (κ2) is 6.74. The lowest BCUT2D eigenvalue weighted by molar-refractivity contribution is -0.137. The number of benzene rings is 2. The van der Waals surface area contributed by atoms with Gasteiger partial charge in [0, 0.05) is 13.6 Å². The average molecular weight is 362 g/mol. The number of alkyl halides is 3. The number of carbonyl (C=O) groups is 1. The summed E-state index contributed by atoms with van der Waals surface area (Å²) in [6.45, 7) is 0.377. The first kappa shape index (κ1) is 17.8. The van der Waals surface area contributed by atoms with E-state index in [-0.39, 0.29) is 6.03 Å². The highest BCUT2D eigenvalue weighted by Gasteiger charge is 2.31. The third kappa shape index (κ3) is 3.37. The zero-order chi connectivity index (χ0) is 18.9. The molecule has 4 nitrogen and oxygen atoms in total. The Bertz CT molecular complexity index is 827. The predicted octanol–water partition coefficient (Wildman–Crippen LogP) is 4.63. The van der Waals surface area contributed by atoms with Crippen LogP contribution in [0, 0.1) is 0 Å². The lowest BCUT2D eigenvalue weighted by atomic mass is 10.1. The van der Waals surface area contributed by atoms with E-state index in [0.29, 0.717) is 29.2 Å². The molecular formula is C19H17F3N2O2. The third-order valence-electron chi connectivity index (χ3n) is 4.16. The maximum atomic E-state index is 12.8. The van der Waals surface area contributed by atoms with Crippen LogP contribution in [0.1, 0.15) is 11.1 Å². The number of urea groups is 1. The first-order chi connectivity index (χ1) is 12.3. The molecular weight excluding hydrogens is 345 g/mol. The molecule has 0 aromatic heterocycles. The topological polar surface area (TPSA) is 32.8 Å². The van der Waals surface area contributed by atoms with Crippen LogP contribution in [0.25, 0.3) is 5.70 Å². The number of anilines is 1. The Morgan fingerprint density at radius 1 is 1.00 bits per heavy atom. The molecule has 2 aromatic rings. The van der Waals surface area contributed by atoms with E-state index in [0.717, 1.165) is 12.1 Å². The quantitative estimate of drug-likeness (QED) is 0.798. The van der Waals surface area contributed by atoms with Crippen LogP contribution in [0.15, 0.2) is 54.6 Å². The van der Waals surface area contributed by atoms with Gasteiger partial charge in [-0.15, -0.1) is 0 Å². The van der Waals surface area contributed by atoms with Crippen molar-refractivity contribution >= 4 is 17.4 Å². The Morgan fingerprint density at radius 2 is 1.62 bits per heavy atom. The Morgan fingerprint density at radius 3 is 2.15 bits per heavy atom. The largest absolute Gasteiger partial charge is 0.497 e. The number of methoxy groups -OCH3 is 1. The summed E-state index contributed by atoms with van der Waals surface area (Å²) >= 11 is 0. The van der Waals surface area contributed by atoms with E-state index in [4.69, 9.17) is 4.74 Å². The molecule has 2 aromatic carbocycles. The van der Waals surface area contributed by atoms with Gasteiger partial charge in [-0.05, 0) is 48.0 Å². The van der Waals surface area contributed by atoms with Gasteiger partial charge in [0.1, 0.15) is 5.75 Å². The van der Waals surface area contributed by atoms with Crippen molar-refractivity contribution in [3.8, 4) is 5.75 Å². The van der Waals surface area contributed by atoms with Gasteiger partial charge in [-0.3, -0.25) is 4.90 Å². The van der Waals surface area contributed by atoms with Gasteiger partial charge in [0.2, 0.25) is 0 Å².